The van der Waals surface area contributed by atoms with E-state index in [1.807, 2.05) is 0 Å². The molecule has 3 aliphatic carbocycles. The van der Waals surface area contributed by atoms with E-state index in [0.717, 1.165) is 12.8 Å². The van der Waals surface area contributed by atoms with Gasteiger partial charge in [-0.3, -0.25) is 0 Å². The van der Waals surface area contributed by atoms with Crippen LogP contribution in [0.2, 0.25) is 13.1 Å². The van der Waals surface area contributed by atoms with Crippen LogP contribution in [-0.4, -0.2) is 8.07 Å². The summed E-state index contributed by atoms with van der Waals surface area (Å²) < 4.78 is 0. The molecule has 0 unspecified atom stereocenters. The van der Waals surface area contributed by atoms with E-state index in [-0.39, 0.29) is 0 Å². The molecule has 0 saturated heterocycles. The Morgan fingerprint density at radius 3 is 1.60 bits per heavy atom. The number of hydrogen-bond donors (Lipinski definition) is 0. The predicted molar refractivity (Wildman–Crippen MR) is 225 cm³/mol. The van der Waals surface area contributed by atoms with Crippen LogP contribution in [0.3, 0.4) is 0 Å². The second-order valence-corrected chi connectivity index (χ2v) is 20.1. The summed E-state index contributed by atoms with van der Waals surface area (Å²) in [7, 11) is -2.38. The summed E-state index contributed by atoms with van der Waals surface area (Å²) in [5.74, 6) is 0. The third kappa shape index (κ3) is 3.57. The van der Waals surface area contributed by atoms with Crippen LogP contribution in [0.1, 0.15) is 33.4 Å². The molecule has 0 saturated carbocycles. The van der Waals surface area contributed by atoms with Crippen molar-refractivity contribution in [3.63, 3.8) is 0 Å². The van der Waals surface area contributed by atoms with E-state index in [0.29, 0.717) is 0 Å². The van der Waals surface area contributed by atoms with Crippen molar-refractivity contribution in [1.29, 1.82) is 0 Å². The van der Waals surface area contributed by atoms with Crippen LogP contribution in [-0.2, 0) is 18.3 Å². The van der Waals surface area contributed by atoms with Crippen molar-refractivity contribution < 1.29 is 0 Å². The number of aryl methyl sites for hydroxylation is 2. The fraction of sp³-hybridized carbons (Fsp3) is 0.0980. The number of para-hydroxylation sites is 2. The van der Waals surface area contributed by atoms with E-state index < -0.39 is 13.5 Å². The molecule has 4 aliphatic rings. The predicted octanol–water partition coefficient (Wildman–Crippen LogP) is 11.6. The zero-order valence-corrected chi connectivity index (χ0v) is 30.9. The highest BCUT2D eigenvalue weighted by Gasteiger charge is 2.53. The van der Waals surface area contributed by atoms with Crippen LogP contribution in [0.15, 0.2) is 164 Å². The molecule has 0 fully saturated rings. The minimum atomic E-state index is -2.38. The molecular formula is C51H37NSi. The first-order chi connectivity index (χ1) is 26.1. The zero-order valence-electron chi connectivity index (χ0n) is 29.9. The maximum absolute atomic E-state index is 2.62. The molecule has 2 heteroatoms. The smallest absolute Gasteiger partial charge is 0.117 e. The molecule has 0 bridgehead atoms. The summed E-state index contributed by atoms with van der Waals surface area (Å²) in [6, 6.07) is 62.4. The summed E-state index contributed by atoms with van der Waals surface area (Å²) >= 11 is 0. The molecule has 1 spiro atoms. The van der Waals surface area contributed by atoms with E-state index >= 15 is 0 Å². The van der Waals surface area contributed by atoms with Crippen molar-refractivity contribution in [3.8, 4) is 33.4 Å². The summed E-state index contributed by atoms with van der Waals surface area (Å²) in [6.07, 6.45) is 2.25. The van der Waals surface area contributed by atoms with E-state index in [1.165, 1.54) is 99.8 Å². The standard InChI is InChI=1S/C51H37NSi/c1-53(2)49-38(20-13-23-45(49)52(34-14-5-3-6-15-34)35-16-7-4-8-17-35)39-29-31-44-48(50(39)53)40-28-26-32-24-25-33-27-30-43(47(40)46(32)33)51(44)41-21-11-9-18-36(41)37-19-10-12-22-42(37)51/h3-23,26-31H,24-25H2,1-2H3. The quantitative estimate of drug-likeness (QED) is 0.167. The van der Waals surface area contributed by atoms with E-state index in [9.17, 15) is 0 Å². The lowest BCUT2D eigenvalue weighted by Crippen LogP contribution is -2.52. The maximum atomic E-state index is 2.62. The van der Waals surface area contributed by atoms with Gasteiger partial charge in [-0.1, -0.05) is 147 Å². The lowest BCUT2D eigenvalue weighted by atomic mass is 9.61. The maximum Gasteiger partial charge on any atom is 0.117 e. The van der Waals surface area contributed by atoms with Gasteiger partial charge < -0.3 is 4.90 Å². The molecule has 53 heavy (non-hydrogen) atoms. The molecule has 1 aliphatic heterocycles. The van der Waals surface area contributed by atoms with Gasteiger partial charge in [0.15, 0.2) is 0 Å². The van der Waals surface area contributed by atoms with Gasteiger partial charge in [0.25, 0.3) is 0 Å². The molecule has 8 aromatic rings. The van der Waals surface area contributed by atoms with Crippen LogP contribution in [0.5, 0.6) is 0 Å². The average molecular weight is 692 g/mol. The fourth-order valence-electron chi connectivity index (χ4n) is 11.2. The van der Waals surface area contributed by atoms with E-state index in [1.54, 1.807) is 5.19 Å². The molecule has 1 nitrogen and oxygen atoms in total. The van der Waals surface area contributed by atoms with Crippen molar-refractivity contribution >= 4 is 46.3 Å². The van der Waals surface area contributed by atoms with Gasteiger partial charge in [-0.25, -0.2) is 0 Å². The van der Waals surface area contributed by atoms with Crippen LogP contribution < -0.4 is 15.3 Å². The molecule has 8 aromatic carbocycles. The number of anilines is 3. The Bertz CT molecular complexity index is 2770. The molecule has 0 atom stereocenters. The first kappa shape index (κ1) is 29.6. The van der Waals surface area contributed by atoms with Crippen molar-refractivity contribution in [2.24, 2.45) is 0 Å². The highest BCUT2D eigenvalue weighted by Crippen LogP contribution is 2.63. The van der Waals surface area contributed by atoms with E-state index in [2.05, 4.69) is 182 Å². The molecule has 12 rings (SSSR count). The largest absolute Gasteiger partial charge is 0.311 e. The number of benzene rings is 8. The average Bonchev–Trinajstić information content (AvgIpc) is 3.84. The third-order valence-corrected chi connectivity index (χ3v) is 16.6. The van der Waals surface area contributed by atoms with Gasteiger partial charge in [-0.15, -0.1) is 0 Å². The lowest BCUT2D eigenvalue weighted by molar-refractivity contribution is 0.774. The van der Waals surface area contributed by atoms with Gasteiger partial charge in [-0.2, -0.15) is 0 Å². The molecule has 0 amide bonds. The lowest BCUT2D eigenvalue weighted by Gasteiger charge is -2.42. The highest BCUT2D eigenvalue weighted by molar-refractivity contribution is 7.05. The molecule has 0 radical (unpaired) electrons. The van der Waals surface area contributed by atoms with Crippen molar-refractivity contribution in [1.82, 2.24) is 0 Å². The van der Waals surface area contributed by atoms with Crippen molar-refractivity contribution in [3.05, 3.63) is 197 Å². The van der Waals surface area contributed by atoms with Gasteiger partial charge in [0, 0.05) is 17.1 Å². The Labute approximate surface area is 311 Å². The van der Waals surface area contributed by atoms with Crippen LogP contribution in [0.25, 0.3) is 44.2 Å². The van der Waals surface area contributed by atoms with Crippen molar-refractivity contribution in [2.75, 3.05) is 4.90 Å². The molecule has 0 aromatic heterocycles. The molecule has 0 N–H and O–H groups in total. The zero-order chi connectivity index (χ0) is 35.1. The Hall–Kier alpha value is -5.96. The highest BCUT2D eigenvalue weighted by atomic mass is 28.3. The third-order valence-electron chi connectivity index (χ3n) is 13.1. The van der Waals surface area contributed by atoms with Gasteiger partial charge in [0.2, 0.25) is 0 Å². The second-order valence-electron chi connectivity index (χ2n) is 15.9. The van der Waals surface area contributed by atoms with Crippen LogP contribution in [0, 0.1) is 0 Å². The monoisotopic (exact) mass is 691 g/mol. The molecule has 1 heterocycles. The summed E-state index contributed by atoms with van der Waals surface area (Å²) in [4.78, 5) is 2.49. The minimum absolute atomic E-state index is 0.396. The Balaban J connectivity index is 1.21. The fourth-order valence-corrected chi connectivity index (χ4v) is 15.0. The molecule has 250 valence electrons. The SMILES string of the molecule is C[Si]1(C)c2c(cccc2N(c2ccccc2)c2ccccc2)-c2ccc3c(c21)-c1ccc2c4c(ccc(c14)C31c3ccccc3-c3ccccc31)CC2. The summed E-state index contributed by atoms with van der Waals surface area (Å²) in [5, 5.41) is 6.11. The number of fused-ring (bicyclic) bond motifs is 13. The Morgan fingerprint density at radius 2 is 0.943 bits per heavy atom. The van der Waals surface area contributed by atoms with Gasteiger partial charge in [-0.05, 0) is 131 Å². The Kier molecular flexibility index (Phi) is 5.77. The Morgan fingerprint density at radius 1 is 0.415 bits per heavy atom. The van der Waals surface area contributed by atoms with Gasteiger partial charge >= 0.3 is 0 Å². The topological polar surface area (TPSA) is 3.24 Å². The second kappa shape index (κ2) is 10.3. The number of nitrogens with zero attached hydrogens (tertiary/aromatic N) is 1. The van der Waals surface area contributed by atoms with Gasteiger partial charge in [0.05, 0.1) is 5.41 Å². The first-order valence-electron chi connectivity index (χ1n) is 19.1. The first-order valence-corrected chi connectivity index (χ1v) is 22.1. The molecular weight excluding hydrogens is 655 g/mol. The van der Waals surface area contributed by atoms with Crippen LogP contribution >= 0.6 is 0 Å². The summed E-state index contributed by atoms with van der Waals surface area (Å²) in [5.41, 5.74) is 20.5. The van der Waals surface area contributed by atoms with Crippen LogP contribution in [0.4, 0.5) is 17.1 Å². The normalized spacial score (nSPS) is 15.5. The van der Waals surface area contributed by atoms with Crippen molar-refractivity contribution in [2.45, 2.75) is 31.4 Å². The van der Waals surface area contributed by atoms with Gasteiger partial charge in [0.1, 0.15) is 8.07 Å². The number of rotatable bonds is 3. The van der Waals surface area contributed by atoms with E-state index in [4.69, 9.17) is 0 Å². The number of hydrogen-bond acceptors (Lipinski definition) is 1. The summed E-state index contributed by atoms with van der Waals surface area (Å²) in [6.45, 7) is 5.24. The minimum Gasteiger partial charge on any atom is -0.311 e.